The van der Waals surface area contributed by atoms with Crippen LogP contribution < -0.4 is 0 Å². The Labute approximate surface area is 280 Å². The van der Waals surface area contributed by atoms with Crippen molar-refractivity contribution in [1.29, 1.82) is 0 Å². The summed E-state index contributed by atoms with van der Waals surface area (Å²) >= 11 is 0. The molecule has 2 aliphatic rings. The van der Waals surface area contributed by atoms with E-state index in [1.165, 1.54) is 45.2 Å². The maximum absolute atomic E-state index is 5.30. The average Bonchev–Trinajstić information content (AvgIpc) is 3.76. The van der Waals surface area contributed by atoms with Crippen molar-refractivity contribution in [2.75, 3.05) is 0 Å². The van der Waals surface area contributed by atoms with Gasteiger partial charge in [0, 0.05) is 11.8 Å². The van der Waals surface area contributed by atoms with E-state index in [0.29, 0.717) is 23.7 Å². The lowest BCUT2D eigenvalue weighted by molar-refractivity contribution is 0.831. The average molecular weight is 608 g/mol. The van der Waals surface area contributed by atoms with Gasteiger partial charge in [-0.3, -0.25) is 9.98 Å². The van der Waals surface area contributed by atoms with E-state index in [2.05, 4.69) is 163 Å². The Balaban J connectivity index is 1.54. The van der Waals surface area contributed by atoms with Crippen LogP contribution in [0.4, 0.5) is 11.4 Å². The van der Waals surface area contributed by atoms with E-state index < -0.39 is 0 Å². The molecule has 2 aliphatic carbocycles. The smallest absolute Gasteiger partial charge is 0.0849 e. The van der Waals surface area contributed by atoms with Crippen LogP contribution in [0.15, 0.2) is 52.4 Å². The molecule has 1 heterocycles. The predicted molar refractivity (Wildman–Crippen MR) is 196 cm³/mol. The SMILES string of the molecule is CC(=Nc1c(C(C)C)cc([C]2[CH][CH][CH][CH]2)cc1C(C)C)c1cccc(C(C)=Nc2c(C(C)C)cc([C]3[CH][CH][CH][CH]3)cc2C(C)C)n1. The number of rotatable bonds is 10. The van der Waals surface area contributed by atoms with Gasteiger partial charge in [0.25, 0.3) is 0 Å². The van der Waals surface area contributed by atoms with Crippen molar-refractivity contribution in [3.63, 3.8) is 0 Å². The molecule has 0 amide bonds. The first-order valence-corrected chi connectivity index (χ1v) is 16.8. The van der Waals surface area contributed by atoms with Gasteiger partial charge in [-0.2, -0.15) is 0 Å². The minimum absolute atomic E-state index is 0.337. The number of pyridine rings is 1. The van der Waals surface area contributed by atoms with E-state index in [9.17, 15) is 0 Å². The molecule has 3 aromatic rings. The minimum atomic E-state index is 0.337. The van der Waals surface area contributed by atoms with E-state index in [1.54, 1.807) is 0 Å². The molecule has 46 heavy (non-hydrogen) atoms. The number of aromatic nitrogens is 1. The summed E-state index contributed by atoms with van der Waals surface area (Å²) in [5, 5.41) is 0. The summed E-state index contributed by atoms with van der Waals surface area (Å²) in [6, 6.07) is 15.5. The molecule has 0 aliphatic heterocycles. The lowest BCUT2D eigenvalue weighted by Gasteiger charge is -2.22. The molecule has 236 valence electrons. The van der Waals surface area contributed by atoms with Crippen LogP contribution in [-0.2, 0) is 0 Å². The fourth-order valence-electron chi connectivity index (χ4n) is 6.13. The van der Waals surface area contributed by atoms with Gasteiger partial charge in [0.15, 0.2) is 0 Å². The molecule has 0 spiro atoms. The molecule has 0 atom stereocenters. The van der Waals surface area contributed by atoms with Crippen LogP contribution in [0.5, 0.6) is 0 Å². The van der Waals surface area contributed by atoms with Crippen LogP contribution in [0.3, 0.4) is 0 Å². The minimum Gasteiger partial charge on any atom is -0.251 e. The maximum Gasteiger partial charge on any atom is 0.0849 e. The summed E-state index contributed by atoms with van der Waals surface area (Å²) in [6.45, 7) is 22.2. The Morgan fingerprint density at radius 1 is 0.500 bits per heavy atom. The summed E-state index contributed by atoms with van der Waals surface area (Å²) < 4.78 is 0. The highest BCUT2D eigenvalue weighted by molar-refractivity contribution is 6.02. The topological polar surface area (TPSA) is 37.6 Å². The van der Waals surface area contributed by atoms with E-state index in [0.717, 1.165) is 34.2 Å². The van der Waals surface area contributed by atoms with Crippen molar-refractivity contribution in [3.05, 3.63) is 150 Å². The molecule has 3 heteroatoms. The molecule has 0 unspecified atom stereocenters. The maximum atomic E-state index is 5.30. The highest BCUT2D eigenvalue weighted by Gasteiger charge is 2.25. The molecule has 2 aromatic carbocycles. The Bertz CT molecular complexity index is 1400. The van der Waals surface area contributed by atoms with E-state index in [-0.39, 0.29) is 0 Å². The van der Waals surface area contributed by atoms with Crippen LogP contribution in [0.25, 0.3) is 0 Å². The molecule has 2 saturated carbocycles. The third-order valence-electron chi connectivity index (χ3n) is 8.87. The molecule has 10 radical (unpaired) electrons. The molecule has 1 aromatic heterocycles. The van der Waals surface area contributed by atoms with E-state index in [1.807, 2.05) is 0 Å². The highest BCUT2D eigenvalue weighted by Crippen LogP contribution is 2.42. The van der Waals surface area contributed by atoms with Gasteiger partial charge >= 0.3 is 0 Å². The molecular formula is C43H49N3. The first-order chi connectivity index (χ1) is 21.9. The number of nitrogens with zero attached hydrogens (tertiary/aromatic N) is 3. The zero-order valence-corrected chi connectivity index (χ0v) is 29.3. The summed E-state index contributed by atoms with van der Waals surface area (Å²) in [6.07, 6.45) is 17.1. The van der Waals surface area contributed by atoms with Crippen molar-refractivity contribution in [3.8, 4) is 0 Å². The third kappa shape index (κ3) is 7.56. The quantitative estimate of drug-likeness (QED) is 0.211. The van der Waals surface area contributed by atoms with Gasteiger partial charge in [-0.25, -0.2) is 4.98 Å². The number of hydrogen-bond donors (Lipinski definition) is 0. The second-order valence-corrected chi connectivity index (χ2v) is 13.8. The largest absolute Gasteiger partial charge is 0.251 e. The standard InChI is InChI=1S/C43H49N3/c1-26(2)36-22-34(32-16-11-12-17-32)23-37(27(3)4)42(36)44-30(9)40-20-15-21-41(46-40)31(10)45-43-38(28(5)6)24-35(25-39(43)29(7)8)33-18-13-14-19-33/h11-29H,1-10H3. The van der Waals surface area contributed by atoms with E-state index in [4.69, 9.17) is 15.0 Å². The summed E-state index contributed by atoms with van der Waals surface area (Å²) in [7, 11) is 0. The number of benzene rings is 2. The normalized spacial score (nSPS) is 17.1. The zero-order chi connectivity index (χ0) is 33.1. The fraction of sp³-hybridized carbons (Fsp3) is 0.326. The summed E-state index contributed by atoms with van der Waals surface area (Å²) in [4.78, 5) is 15.7. The second kappa shape index (κ2) is 14.8. The van der Waals surface area contributed by atoms with Gasteiger partial charge in [-0.05, 0) is 134 Å². The van der Waals surface area contributed by atoms with E-state index >= 15 is 0 Å². The lowest BCUT2D eigenvalue weighted by Crippen LogP contribution is -2.07. The second-order valence-electron chi connectivity index (χ2n) is 13.8. The van der Waals surface area contributed by atoms with Crippen molar-refractivity contribution >= 4 is 22.8 Å². The molecule has 0 saturated heterocycles. The number of aliphatic imine (C=N–C) groups is 2. The predicted octanol–water partition coefficient (Wildman–Crippen LogP) is 11.4. The van der Waals surface area contributed by atoms with Gasteiger partial charge in [0.05, 0.1) is 34.2 Å². The van der Waals surface area contributed by atoms with Crippen molar-refractivity contribution in [2.24, 2.45) is 9.98 Å². The van der Waals surface area contributed by atoms with Crippen molar-refractivity contribution in [1.82, 2.24) is 4.98 Å². The highest BCUT2D eigenvalue weighted by atomic mass is 14.8. The molecule has 2 fully saturated rings. The Kier molecular flexibility index (Phi) is 11.0. The van der Waals surface area contributed by atoms with Crippen LogP contribution in [0.2, 0.25) is 0 Å². The van der Waals surface area contributed by atoms with Crippen molar-refractivity contribution in [2.45, 2.75) is 92.9 Å². The molecular weight excluding hydrogens is 558 g/mol. The number of hydrogen-bond acceptors (Lipinski definition) is 3. The first kappa shape index (κ1) is 34.3. The molecule has 0 N–H and O–H groups in total. The van der Waals surface area contributed by atoms with Gasteiger partial charge in [-0.1, -0.05) is 85.7 Å². The van der Waals surface area contributed by atoms with Gasteiger partial charge in [0.2, 0.25) is 0 Å². The Morgan fingerprint density at radius 2 is 0.804 bits per heavy atom. The van der Waals surface area contributed by atoms with Crippen LogP contribution in [0.1, 0.15) is 138 Å². The zero-order valence-electron chi connectivity index (χ0n) is 29.3. The third-order valence-corrected chi connectivity index (χ3v) is 8.87. The van der Waals surface area contributed by atoms with Crippen LogP contribution >= 0.6 is 0 Å². The van der Waals surface area contributed by atoms with Crippen LogP contribution in [0, 0.1) is 63.2 Å². The fourth-order valence-corrected chi connectivity index (χ4v) is 6.13. The first-order valence-electron chi connectivity index (χ1n) is 16.8. The molecule has 0 bridgehead atoms. The van der Waals surface area contributed by atoms with Gasteiger partial charge in [0.1, 0.15) is 0 Å². The Morgan fingerprint density at radius 3 is 1.09 bits per heavy atom. The Hall–Kier alpha value is -3.07. The molecule has 3 nitrogen and oxygen atoms in total. The van der Waals surface area contributed by atoms with Crippen LogP contribution in [-0.4, -0.2) is 16.4 Å². The van der Waals surface area contributed by atoms with Gasteiger partial charge in [-0.15, -0.1) is 0 Å². The summed E-state index contributed by atoms with van der Waals surface area (Å²) in [5.41, 5.74) is 13.3. The molecule has 5 rings (SSSR count). The summed E-state index contributed by atoms with van der Waals surface area (Å²) in [5.74, 6) is 3.85. The lowest BCUT2D eigenvalue weighted by atomic mass is 9.86. The van der Waals surface area contributed by atoms with Gasteiger partial charge < -0.3 is 0 Å². The van der Waals surface area contributed by atoms with Crippen molar-refractivity contribution < 1.29 is 0 Å². The monoisotopic (exact) mass is 607 g/mol.